The largest absolute Gasteiger partial charge is 0.459 e. The summed E-state index contributed by atoms with van der Waals surface area (Å²) >= 11 is 0. The van der Waals surface area contributed by atoms with Gasteiger partial charge in [0.1, 0.15) is 12.4 Å². The summed E-state index contributed by atoms with van der Waals surface area (Å²) in [5.74, 6) is 0.439. The van der Waals surface area contributed by atoms with Crippen molar-refractivity contribution < 1.29 is 19.1 Å². The van der Waals surface area contributed by atoms with Crippen LogP contribution < -0.4 is 0 Å². The highest BCUT2D eigenvalue weighted by Crippen LogP contribution is 2.35. The van der Waals surface area contributed by atoms with E-state index in [1.807, 2.05) is 36.1 Å². The Hall–Kier alpha value is -3.70. The van der Waals surface area contributed by atoms with Gasteiger partial charge in [-0.2, -0.15) is 4.68 Å². The number of cyclic esters (lactones) is 1. The van der Waals surface area contributed by atoms with Gasteiger partial charge in [-0.25, -0.2) is 9.78 Å². The number of aryl methyl sites for hydroxylation is 1. The Morgan fingerprint density at radius 3 is 2.92 bits per heavy atom. The first kappa shape index (κ1) is 23.4. The zero-order valence-corrected chi connectivity index (χ0v) is 21.2. The van der Waals surface area contributed by atoms with Gasteiger partial charge in [0, 0.05) is 38.3 Å². The average molecular weight is 516 g/mol. The van der Waals surface area contributed by atoms with Crippen molar-refractivity contribution in [3.05, 3.63) is 64.6 Å². The molecule has 1 amide bonds. The lowest BCUT2D eigenvalue weighted by molar-refractivity contribution is -0.141. The predicted molar refractivity (Wildman–Crippen MR) is 134 cm³/mol. The summed E-state index contributed by atoms with van der Waals surface area (Å²) in [6.07, 6.45) is 3.63. The van der Waals surface area contributed by atoms with Crippen molar-refractivity contribution in [1.82, 2.24) is 35.0 Å². The number of carbonyl (C=O) groups is 2. The molecule has 0 radical (unpaired) electrons. The average Bonchev–Trinajstić information content (AvgIpc) is 3.62. The number of esters is 1. The highest BCUT2D eigenvalue weighted by atomic mass is 16.5. The molecule has 5 heterocycles. The van der Waals surface area contributed by atoms with Gasteiger partial charge in [0.15, 0.2) is 5.82 Å². The minimum atomic E-state index is -0.246. The Bertz CT molecular complexity index is 1390. The topological polar surface area (TPSA) is 116 Å². The monoisotopic (exact) mass is 515 g/mol. The van der Waals surface area contributed by atoms with Gasteiger partial charge in [0.25, 0.3) is 0 Å². The molecule has 196 valence electrons. The number of tetrazole rings is 1. The first-order chi connectivity index (χ1) is 18.5. The molecular formula is C27H29N7O4. The van der Waals surface area contributed by atoms with E-state index in [1.165, 1.54) is 11.0 Å². The van der Waals surface area contributed by atoms with Gasteiger partial charge in [-0.3, -0.25) is 9.69 Å². The third-order valence-corrected chi connectivity index (χ3v) is 8.26. The lowest BCUT2D eigenvalue weighted by Crippen LogP contribution is -2.60. The highest BCUT2D eigenvalue weighted by molar-refractivity contribution is 5.92. The number of amides is 1. The van der Waals surface area contributed by atoms with Gasteiger partial charge in [-0.1, -0.05) is 18.2 Å². The number of benzene rings is 1. The number of hydrogen-bond acceptors (Lipinski definition) is 9. The van der Waals surface area contributed by atoms with Crippen LogP contribution in [0.25, 0.3) is 5.82 Å². The molecule has 4 atom stereocenters. The van der Waals surface area contributed by atoms with E-state index in [2.05, 4.69) is 26.5 Å². The summed E-state index contributed by atoms with van der Waals surface area (Å²) < 4.78 is 13.2. The van der Waals surface area contributed by atoms with Crippen molar-refractivity contribution in [3.63, 3.8) is 0 Å². The predicted octanol–water partition coefficient (Wildman–Crippen LogP) is 1.47. The smallest absolute Gasteiger partial charge is 0.338 e. The molecule has 2 aromatic heterocycles. The molecule has 3 aliphatic heterocycles. The van der Waals surface area contributed by atoms with Gasteiger partial charge < -0.3 is 14.4 Å². The molecule has 11 nitrogen and oxygen atoms in total. The molecule has 3 aromatic rings. The van der Waals surface area contributed by atoms with Crippen LogP contribution >= 0.6 is 0 Å². The molecule has 38 heavy (non-hydrogen) atoms. The number of morpholine rings is 1. The van der Waals surface area contributed by atoms with Crippen LogP contribution in [-0.2, 0) is 27.1 Å². The molecule has 1 aromatic carbocycles. The summed E-state index contributed by atoms with van der Waals surface area (Å²) in [5, 5.41) is 11.3. The molecule has 4 aliphatic rings. The van der Waals surface area contributed by atoms with Crippen molar-refractivity contribution in [2.24, 2.45) is 0 Å². The van der Waals surface area contributed by atoms with E-state index in [9.17, 15) is 9.59 Å². The van der Waals surface area contributed by atoms with E-state index in [0.717, 1.165) is 54.7 Å². The zero-order valence-electron chi connectivity index (χ0n) is 21.2. The standard InChI is InChI=1S/C27H29N7O4/c1-16-10-18-11-17(2-3-20(18)27(36)38-16)24-13-32-8-9-33(12-19(32)14-37-24)26(35)22-4-6-23-21(22)5-7-25(29-23)34-15-28-30-31-34/h2-3,5,7,11,15-16,19,22,24H,4,6,8-10,12-14H2,1H3/t16-,19+,22?,24+/m1/s1. The number of aromatic nitrogens is 5. The van der Waals surface area contributed by atoms with Gasteiger partial charge in [0.05, 0.1) is 30.2 Å². The van der Waals surface area contributed by atoms with E-state index in [1.54, 1.807) is 0 Å². The van der Waals surface area contributed by atoms with E-state index < -0.39 is 0 Å². The van der Waals surface area contributed by atoms with Crippen molar-refractivity contribution in [2.75, 3.05) is 32.8 Å². The number of ether oxygens (including phenoxy) is 2. The van der Waals surface area contributed by atoms with Gasteiger partial charge >= 0.3 is 5.97 Å². The van der Waals surface area contributed by atoms with Gasteiger partial charge in [-0.05, 0) is 59.0 Å². The molecule has 0 saturated carbocycles. The molecule has 0 bridgehead atoms. The second-order valence-electron chi connectivity index (χ2n) is 10.6. The molecule has 7 rings (SSSR count). The van der Waals surface area contributed by atoms with E-state index >= 15 is 0 Å². The minimum Gasteiger partial charge on any atom is -0.459 e. The van der Waals surface area contributed by atoms with Crippen LogP contribution in [0.5, 0.6) is 0 Å². The number of pyridine rings is 1. The minimum absolute atomic E-state index is 0.0470. The molecule has 1 unspecified atom stereocenters. The maximum Gasteiger partial charge on any atom is 0.338 e. The van der Waals surface area contributed by atoms with Crippen molar-refractivity contribution in [2.45, 2.75) is 50.4 Å². The maximum absolute atomic E-state index is 13.6. The number of rotatable bonds is 3. The Labute approximate surface area is 219 Å². The van der Waals surface area contributed by atoms with Crippen molar-refractivity contribution in [1.29, 1.82) is 0 Å². The number of hydrogen-bond donors (Lipinski definition) is 0. The number of piperazine rings is 1. The summed E-state index contributed by atoms with van der Waals surface area (Å²) in [6.45, 7) is 5.47. The lowest BCUT2D eigenvalue weighted by Gasteiger charge is -2.46. The number of fused-ring (bicyclic) bond motifs is 3. The van der Waals surface area contributed by atoms with E-state index in [-0.39, 0.29) is 36.0 Å². The Balaban J connectivity index is 1.01. The molecular weight excluding hydrogens is 486 g/mol. The first-order valence-corrected chi connectivity index (χ1v) is 13.2. The van der Waals surface area contributed by atoms with Crippen molar-refractivity contribution >= 4 is 11.9 Å². The van der Waals surface area contributed by atoms with Crippen LogP contribution in [0.2, 0.25) is 0 Å². The first-order valence-electron chi connectivity index (χ1n) is 13.2. The number of carbonyl (C=O) groups excluding carboxylic acids is 2. The Kier molecular flexibility index (Phi) is 5.70. The fourth-order valence-electron chi connectivity index (χ4n) is 6.29. The summed E-state index contributed by atoms with van der Waals surface area (Å²) in [6, 6.07) is 10.0. The second-order valence-corrected chi connectivity index (χ2v) is 10.6. The normalized spacial score (nSPS) is 26.9. The number of nitrogens with zero attached hydrogens (tertiary/aromatic N) is 7. The molecule has 2 fully saturated rings. The van der Waals surface area contributed by atoms with Crippen molar-refractivity contribution in [3.8, 4) is 5.82 Å². The molecule has 0 spiro atoms. The summed E-state index contributed by atoms with van der Waals surface area (Å²) in [4.78, 5) is 34.9. The van der Waals surface area contributed by atoms with Crippen LogP contribution in [0.15, 0.2) is 36.7 Å². The molecule has 2 saturated heterocycles. The Morgan fingerprint density at radius 1 is 1.13 bits per heavy atom. The third-order valence-electron chi connectivity index (χ3n) is 8.26. The van der Waals surface area contributed by atoms with Crippen LogP contribution in [0, 0.1) is 0 Å². The summed E-state index contributed by atoms with van der Waals surface area (Å²) in [7, 11) is 0. The fraction of sp³-hybridized carbons (Fsp3) is 0.481. The van der Waals surface area contributed by atoms with E-state index in [4.69, 9.17) is 14.5 Å². The SMILES string of the molecule is C[C@@H]1Cc2cc([C@@H]3CN4CCN(C(=O)C5CCc6nc(-n7cnnn7)ccc65)C[C@H]4CO3)ccc2C(=O)O1. The third kappa shape index (κ3) is 4.06. The molecule has 0 N–H and O–H groups in total. The van der Waals surface area contributed by atoms with Crippen LogP contribution in [0.1, 0.15) is 58.1 Å². The zero-order chi connectivity index (χ0) is 25.8. The summed E-state index contributed by atoms with van der Waals surface area (Å²) in [5.41, 5.74) is 4.75. The quantitative estimate of drug-likeness (QED) is 0.478. The van der Waals surface area contributed by atoms with Gasteiger partial charge in [-0.15, -0.1) is 5.10 Å². The second kappa shape index (κ2) is 9.25. The van der Waals surface area contributed by atoms with Crippen LogP contribution in [0.3, 0.4) is 0 Å². The maximum atomic E-state index is 13.6. The van der Waals surface area contributed by atoms with Gasteiger partial charge in [0.2, 0.25) is 5.91 Å². The van der Waals surface area contributed by atoms with E-state index in [0.29, 0.717) is 31.1 Å². The Morgan fingerprint density at radius 2 is 2.05 bits per heavy atom. The lowest BCUT2D eigenvalue weighted by atomic mass is 9.94. The molecule has 1 aliphatic carbocycles. The molecule has 11 heteroatoms. The van der Waals surface area contributed by atoms with Crippen LogP contribution in [-0.4, -0.2) is 91.8 Å². The van der Waals surface area contributed by atoms with Crippen LogP contribution in [0.4, 0.5) is 0 Å². The highest BCUT2D eigenvalue weighted by Gasteiger charge is 2.39. The fourth-order valence-corrected chi connectivity index (χ4v) is 6.29.